The lowest BCUT2D eigenvalue weighted by Crippen LogP contribution is -2.39. The Hall–Kier alpha value is -3.26. The molecule has 2 heterocycles. The van der Waals surface area contributed by atoms with E-state index in [1.807, 2.05) is 43.4 Å². The minimum Gasteiger partial charge on any atom is -0.364 e. The summed E-state index contributed by atoms with van der Waals surface area (Å²) in [6.45, 7) is 7.82. The molecule has 1 fully saturated rings. The molecule has 8 nitrogen and oxygen atoms in total. The first-order chi connectivity index (χ1) is 13.6. The van der Waals surface area contributed by atoms with Gasteiger partial charge in [0.05, 0.1) is 0 Å². The van der Waals surface area contributed by atoms with Crippen LogP contribution in [0.2, 0.25) is 0 Å². The van der Waals surface area contributed by atoms with Gasteiger partial charge in [-0.05, 0) is 48.9 Å². The van der Waals surface area contributed by atoms with Crippen molar-refractivity contribution in [1.82, 2.24) is 20.5 Å². The van der Waals surface area contributed by atoms with Gasteiger partial charge >= 0.3 is 0 Å². The highest BCUT2D eigenvalue weighted by molar-refractivity contribution is 5.96. The van der Waals surface area contributed by atoms with E-state index in [-0.39, 0.29) is 17.6 Å². The monoisotopic (exact) mass is 379 g/mol. The Morgan fingerprint density at radius 2 is 2.25 bits per heavy atom. The lowest BCUT2D eigenvalue weighted by Gasteiger charge is -2.23. The number of nitrogens with two attached hydrogens (primary N) is 1. The van der Waals surface area contributed by atoms with E-state index in [0.29, 0.717) is 5.95 Å². The molecule has 1 aliphatic heterocycles. The molecular formula is C20H25N7O. The molecule has 0 saturated carbocycles. The Labute approximate surface area is 163 Å². The van der Waals surface area contributed by atoms with Gasteiger partial charge in [-0.15, -0.1) is 10.2 Å². The molecule has 1 amide bonds. The molecule has 0 radical (unpaired) electrons. The molecule has 1 aromatic carbocycles. The van der Waals surface area contributed by atoms with Crippen molar-refractivity contribution in [3.8, 4) is 0 Å². The van der Waals surface area contributed by atoms with E-state index in [4.69, 9.17) is 5.73 Å². The molecule has 1 saturated heterocycles. The van der Waals surface area contributed by atoms with Crippen molar-refractivity contribution in [2.24, 2.45) is 5.73 Å². The van der Waals surface area contributed by atoms with Crippen molar-refractivity contribution in [2.75, 3.05) is 23.7 Å². The molecule has 0 bridgehead atoms. The lowest BCUT2D eigenvalue weighted by molar-refractivity contribution is 0.0995. The number of carbonyl (C=O) groups is 1. The van der Waals surface area contributed by atoms with E-state index >= 15 is 0 Å². The first-order valence-electron chi connectivity index (χ1n) is 9.27. The number of nitrogens with zero attached hydrogens (tertiary/aromatic N) is 3. The first-order valence-corrected chi connectivity index (χ1v) is 9.27. The summed E-state index contributed by atoms with van der Waals surface area (Å²) in [6.07, 6.45) is 7.94. The van der Waals surface area contributed by atoms with Crippen LogP contribution >= 0.6 is 0 Å². The summed E-state index contributed by atoms with van der Waals surface area (Å²) >= 11 is 0. The van der Waals surface area contributed by atoms with Crippen molar-refractivity contribution in [2.45, 2.75) is 25.8 Å². The van der Waals surface area contributed by atoms with Crippen molar-refractivity contribution in [3.63, 3.8) is 0 Å². The van der Waals surface area contributed by atoms with Gasteiger partial charge < -0.3 is 21.7 Å². The molecule has 1 atom stereocenters. The number of benzene rings is 1. The van der Waals surface area contributed by atoms with Crippen molar-refractivity contribution >= 4 is 36.0 Å². The third kappa shape index (κ3) is 4.92. The number of carbonyl (C=O) groups excluding carboxylic acids is 1. The number of piperidine rings is 1. The van der Waals surface area contributed by atoms with Gasteiger partial charge in [-0.25, -0.2) is 0 Å². The summed E-state index contributed by atoms with van der Waals surface area (Å²) in [5.41, 5.74) is 6.18. The van der Waals surface area contributed by atoms with Crippen LogP contribution in [0.4, 0.5) is 17.5 Å². The molecule has 28 heavy (non-hydrogen) atoms. The zero-order chi connectivity index (χ0) is 19.9. The smallest absolute Gasteiger partial charge is 0.273 e. The number of nitrogens with one attached hydrogen (secondary N) is 3. The van der Waals surface area contributed by atoms with E-state index < -0.39 is 5.91 Å². The van der Waals surface area contributed by atoms with E-state index in [2.05, 4.69) is 37.7 Å². The normalized spacial score (nSPS) is 17.6. The minimum atomic E-state index is -0.692. The SMILES string of the molecule is C=c1ccc(Nc2nc(N[C@H]3CCCNC3)nnc2C(N)=O)c/c1=C/C=C\C. The van der Waals surface area contributed by atoms with Gasteiger partial charge in [-0.1, -0.05) is 30.9 Å². The van der Waals surface area contributed by atoms with Crippen LogP contribution in [0.1, 0.15) is 30.3 Å². The maximum absolute atomic E-state index is 11.8. The molecule has 3 rings (SSSR count). The fraction of sp³-hybridized carbons (Fsp3) is 0.300. The third-order valence-electron chi connectivity index (χ3n) is 4.43. The van der Waals surface area contributed by atoms with Gasteiger partial charge in [0.2, 0.25) is 5.95 Å². The van der Waals surface area contributed by atoms with Crippen LogP contribution in [0.3, 0.4) is 0 Å². The fourth-order valence-corrected chi connectivity index (χ4v) is 2.96. The molecule has 2 aromatic rings. The Bertz CT molecular complexity index is 981. The number of hydrogen-bond acceptors (Lipinski definition) is 7. The Morgan fingerprint density at radius 3 is 2.96 bits per heavy atom. The molecule has 0 unspecified atom stereocenters. The fourth-order valence-electron chi connectivity index (χ4n) is 2.96. The summed E-state index contributed by atoms with van der Waals surface area (Å²) in [6, 6.07) is 5.90. The van der Waals surface area contributed by atoms with Gasteiger partial charge in [0.15, 0.2) is 11.5 Å². The highest BCUT2D eigenvalue weighted by Crippen LogP contribution is 2.17. The van der Waals surface area contributed by atoms with Gasteiger partial charge in [-0.2, -0.15) is 4.98 Å². The van der Waals surface area contributed by atoms with Gasteiger partial charge in [-0.3, -0.25) is 4.79 Å². The number of primary amides is 1. The first kappa shape index (κ1) is 19.5. The zero-order valence-corrected chi connectivity index (χ0v) is 15.9. The van der Waals surface area contributed by atoms with E-state index in [0.717, 1.165) is 42.1 Å². The predicted octanol–water partition coefficient (Wildman–Crippen LogP) is 0.645. The molecule has 8 heteroatoms. The third-order valence-corrected chi connectivity index (χ3v) is 4.43. The highest BCUT2D eigenvalue weighted by Gasteiger charge is 2.18. The molecule has 0 spiro atoms. The van der Waals surface area contributed by atoms with Crippen LogP contribution in [0, 0.1) is 0 Å². The molecule has 0 aliphatic carbocycles. The number of allylic oxidation sites excluding steroid dienone is 2. The second-order valence-corrected chi connectivity index (χ2v) is 6.62. The Balaban J connectivity index is 1.90. The number of rotatable bonds is 6. The van der Waals surface area contributed by atoms with E-state index in [9.17, 15) is 4.79 Å². The lowest BCUT2D eigenvalue weighted by atomic mass is 10.1. The van der Waals surface area contributed by atoms with Crippen molar-refractivity contribution < 1.29 is 4.79 Å². The topological polar surface area (TPSA) is 118 Å². The van der Waals surface area contributed by atoms with Crippen LogP contribution in [0.5, 0.6) is 0 Å². The quantitative estimate of drug-likeness (QED) is 0.582. The average molecular weight is 379 g/mol. The maximum atomic E-state index is 11.8. The summed E-state index contributed by atoms with van der Waals surface area (Å²) in [7, 11) is 0. The Kier molecular flexibility index (Phi) is 6.33. The molecule has 1 aliphatic rings. The largest absolute Gasteiger partial charge is 0.364 e. The number of aromatic nitrogens is 3. The average Bonchev–Trinajstić information content (AvgIpc) is 2.69. The van der Waals surface area contributed by atoms with Crippen LogP contribution in [0.15, 0.2) is 30.4 Å². The molecular weight excluding hydrogens is 354 g/mol. The second-order valence-electron chi connectivity index (χ2n) is 6.62. The Morgan fingerprint density at radius 1 is 1.39 bits per heavy atom. The van der Waals surface area contributed by atoms with Crippen molar-refractivity contribution in [3.05, 3.63) is 46.5 Å². The van der Waals surface area contributed by atoms with Gasteiger partial charge in [0.25, 0.3) is 5.91 Å². The predicted molar refractivity (Wildman–Crippen MR) is 112 cm³/mol. The van der Waals surface area contributed by atoms with Crippen LogP contribution in [-0.4, -0.2) is 40.2 Å². The highest BCUT2D eigenvalue weighted by atomic mass is 16.1. The zero-order valence-electron chi connectivity index (χ0n) is 15.9. The van der Waals surface area contributed by atoms with E-state index in [1.54, 1.807) is 0 Å². The minimum absolute atomic E-state index is 0.00926. The number of hydrogen-bond donors (Lipinski definition) is 4. The summed E-state index contributed by atoms with van der Waals surface area (Å²) < 4.78 is 0. The van der Waals surface area contributed by atoms with Gasteiger partial charge in [0, 0.05) is 18.3 Å². The summed E-state index contributed by atoms with van der Waals surface area (Å²) in [5.74, 6) is -0.0684. The van der Waals surface area contributed by atoms with Crippen molar-refractivity contribution in [1.29, 1.82) is 0 Å². The standard InChI is InChI=1S/C20H25N7O/c1-3-4-6-14-11-15(9-8-13(14)2)23-19-17(18(21)28)26-27-20(25-19)24-16-7-5-10-22-12-16/h3-4,6,8-9,11,16,22H,2,5,7,10,12H2,1H3,(H2,21,28)(H2,23,24,25,27)/b4-3-,14-6-/t16-/m0/s1. The van der Waals surface area contributed by atoms with Crippen LogP contribution in [0.25, 0.3) is 12.7 Å². The summed E-state index contributed by atoms with van der Waals surface area (Å²) in [5, 5.41) is 19.5. The molecule has 5 N–H and O–H groups in total. The summed E-state index contributed by atoms with van der Waals surface area (Å²) in [4.78, 5) is 16.2. The number of anilines is 3. The van der Waals surface area contributed by atoms with E-state index in [1.165, 1.54) is 0 Å². The molecule has 1 aromatic heterocycles. The second kappa shape index (κ2) is 9.09. The van der Waals surface area contributed by atoms with Crippen LogP contribution in [-0.2, 0) is 0 Å². The van der Waals surface area contributed by atoms with Crippen LogP contribution < -0.4 is 32.1 Å². The maximum Gasteiger partial charge on any atom is 0.273 e. The van der Waals surface area contributed by atoms with Gasteiger partial charge in [0.1, 0.15) is 0 Å². The molecule has 146 valence electrons. The number of amides is 1.